The zero-order valence-electron chi connectivity index (χ0n) is 26.5. The van der Waals surface area contributed by atoms with Crippen molar-refractivity contribution in [3.63, 3.8) is 0 Å². The number of para-hydroxylation sites is 1. The van der Waals surface area contributed by atoms with Crippen LogP contribution in [-0.2, 0) is 29.9 Å². The molecule has 0 saturated heterocycles. The van der Waals surface area contributed by atoms with E-state index in [1.165, 1.54) is 32.3 Å². The van der Waals surface area contributed by atoms with Crippen molar-refractivity contribution < 1.29 is 9.47 Å². The highest BCUT2D eigenvalue weighted by molar-refractivity contribution is 9.08. The molecule has 0 bridgehead atoms. The molecule has 4 heteroatoms. The number of alkyl halides is 1. The highest BCUT2D eigenvalue weighted by Crippen LogP contribution is 2.43. The molecular weight excluding hydrogens is 654 g/mol. The number of halogens is 1. The van der Waals surface area contributed by atoms with Gasteiger partial charge < -0.3 is 14.4 Å². The fourth-order valence-corrected chi connectivity index (χ4v) is 7.03. The van der Waals surface area contributed by atoms with Crippen LogP contribution in [0.15, 0.2) is 158 Å². The minimum Gasteiger partial charge on any atom is -0.489 e. The maximum atomic E-state index is 6.33. The van der Waals surface area contributed by atoms with Crippen LogP contribution in [0.25, 0.3) is 32.3 Å². The molecule has 234 valence electrons. The summed E-state index contributed by atoms with van der Waals surface area (Å²) in [5.74, 6) is 0.850. The summed E-state index contributed by atoms with van der Waals surface area (Å²) in [6.45, 7) is 1.52. The van der Waals surface area contributed by atoms with Gasteiger partial charge in [-0.3, -0.25) is 0 Å². The van der Waals surface area contributed by atoms with E-state index in [1.54, 1.807) is 0 Å². The Labute approximate surface area is 289 Å². The molecule has 0 atom stereocenters. The molecule has 0 amide bonds. The standard InChI is InChI=1S/C44H34BrNO2/c45-27-33-23-34(26-40(25-33)48-30-31-9-3-1-4-10-31)29-47-28-32-11-7-16-39(24-32)46(38-14-5-2-6-15-38)42-22-20-37-18-17-35-12-8-13-36-19-21-41(42)44(37)43(35)36/h1-26H,27-30H2. The van der Waals surface area contributed by atoms with Gasteiger partial charge in [-0.05, 0) is 91.6 Å². The molecule has 0 N–H and O–H groups in total. The first kappa shape index (κ1) is 30.2. The summed E-state index contributed by atoms with van der Waals surface area (Å²) in [5.41, 5.74) is 7.86. The van der Waals surface area contributed by atoms with Crippen molar-refractivity contribution in [3.05, 3.63) is 180 Å². The SMILES string of the molecule is BrCc1cc(COCc2cccc(N(c3ccccc3)c3ccc4ccc5cccc6ccc3c4c56)c2)cc(OCc2ccccc2)c1. The van der Waals surface area contributed by atoms with Crippen LogP contribution in [0.2, 0.25) is 0 Å². The minimum absolute atomic E-state index is 0.490. The highest BCUT2D eigenvalue weighted by atomic mass is 79.9. The topological polar surface area (TPSA) is 21.7 Å². The molecule has 0 fully saturated rings. The van der Waals surface area contributed by atoms with Gasteiger partial charge in [-0.25, -0.2) is 0 Å². The summed E-state index contributed by atoms with van der Waals surface area (Å²) >= 11 is 3.62. The summed E-state index contributed by atoms with van der Waals surface area (Å²) in [6.07, 6.45) is 0. The van der Waals surface area contributed by atoms with Gasteiger partial charge in [0.1, 0.15) is 12.4 Å². The van der Waals surface area contributed by atoms with Gasteiger partial charge in [0.15, 0.2) is 0 Å². The fourth-order valence-electron chi connectivity index (χ4n) is 6.70. The van der Waals surface area contributed by atoms with E-state index in [-0.39, 0.29) is 0 Å². The molecular formula is C44H34BrNO2. The molecule has 8 aromatic rings. The van der Waals surface area contributed by atoms with E-state index in [9.17, 15) is 0 Å². The first-order valence-corrected chi connectivity index (χ1v) is 17.4. The average molecular weight is 689 g/mol. The van der Waals surface area contributed by atoms with E-state index in [4.69, 9.17) is 9.47 Å². The zero-order chi connectivity index (χ0) is 32.3. The Kier molecular flexibility index (Phi) is 8.50. The monoisotopic (exact) mass is 687 g/mol. The van der Waals surface area contributed by atoms with E-state index >= 15 is 0 Å². The normalized spacial score (nSPS) is 11.4. The first-order valence-electron chi connectivity index (χ1n) is 16.3. The molecule has 0 aliphatic carbocycles. The molecule has 0 radical (unpaired) electrons. The Hall–Kier alpha value is -5.16. The molecule has 0 saturated carbocycles. The van der Waals surface area contributed by atoms with Gasteiger partial charge in [0.2, 0.25) is 0 Å². The smallest absolute Gasteiger partial charge is 0.120 e. The number of rotatable bonds is 11. The van der Waals surface area contributed by atoms with Gasteiger partial charge in [-0.15, -0.1) is 0 Å². The van der Waals surface area contributed by atoms with Gasteiger partial charge in [0.05, 0.1) is 18.9 Å². The Morgan fingerprint density at radius 2 is 1.08 bits per heavy atom. The van der Waals surface area contributed by atoms with E-state index in [0.717, 1.165) is 50.4 Å². The third-order valence-corrected chi connectivity index (χ3v) is 9.54. The van der Waals surface area contributed by atoms with Crippen molar-refractivity contribution in [1.82, 2.24) is 0 Å². The predicted molar refractivity (Wildman–Crippen MR) is 203 cm³/mol. The lowest BCUT2D eigenvalue weighted by Gasteiger charge is -2.28. The van der Waals surface area contributed by atoms with Crippen molar-refractivity contribution in [2.45, 2.75) is 25.2 Å². The number of nitrogens with zero attached hydrogens (tertiary/aromatic N) is 1. The lowest BCUT2D eigenvalue weighted by Crippen LogP contribution is -2.11. The molecule has 0 unspecified atom stereocenters. The maximum Gasteiger partial charge on any atom is 0.120 e. The number of anilines is 3. The second-order valence-electron chi connectivity index (χ2n) is 12.2. The minimum atomic E-state index is 0.490. The number of hydrogen-bond donors (Lipinski definition) is 0. The Bertz CT molecular complexity index is 2300. The average Bonchev–Trinajstić information content (AvgIpc) is 3.14. The van der Waals surface area contributed by atoms with Crippen LogP contribution in [0.1, 0.15) is 22.3 Å². The summed E-state index contributed by atoms with van der Waals surface area (Å²) in [7, 11) is 0. The van der Waals surface area contributed by atoms with Crippen molar-refractivity contribution in [2.75, 3.05) is 4.90 Å². The molecule has 0 aliphatic rings. The molecule has 0 aliphatic heterocycles. The molecule has 8 aromatic carbocycles. The molecule has 8 rings (SSSR count). The Morgan fingerprint density at radius 3 is 1.88 bits per heavy atom. The van der Waals surface area contributed by atoms with E-state index in [1.807, 2.05) is 18.2 Å². The maximum absolute atomic E-state index is 6.33. The second-order valence-corrected chi connectivity index (χ2v) is 12.7. The quantitative estimate of drug-likeness (QED) is 0.0997. The Balaban J connectivity index is 1.08. The van der Waals surface area contributed by atoms with Gasteiger partial charge in [0, 0.05) is 22.1 Å². The second kappa shape index (κ2) is 13.5. The molecule has 0 heterocycles. The first-order chi connectivity index (χ1) is 23.7. The molecule has 0 aromatic heterocycles. The summed E-state index contributed by atoms with van der Waals surface area (Å²) in [4.78, 5) is 2.37. The Morgan fingerprint density at radius 1 is 0.458 bits per heavy atom. The summed E-state index contributed by atoms with van der Waals surface area (Å²) in [6, 6.07) is 56.0. The number of ether oxygens (including phenoxy) is 2. The van der Waals surface area contributed by atoms with Crippen LogP contribution in [0.3, 0.4) is 0 Å². The van der Waals surface area contributed by atoms with Crippen molar-refractivity contribution >= 4 is 65.3 Å². The van der Waals surface area contributed by atoms with Crippen LogP contribution >= 0.6 is 15.9 Å². The largest absolute Gasteiger partial charge is 0.489 e. The fraction of sp³-hybridized carbons (Fsp3) is 0.0909. The third kappa shape index (κ3) is 6.13. The molecule has 48 heavy (non-hydrogen) atoms. The van der Waals surface area contributed by atoms with Gasteiger partial charge >= 0.3 is 0 Å². The van der Waals surface area contributed by atoms with Crippen LogP contribution in [0.4, 0.5) is 17.1 Å². The van der Waals surface area contributed by atoms with Crippen LogP contribution < -0.4 is 9.64 Å². The van der Waals surface area contributed by atoms with E-state index in [2.05, 4.69) is 160 Å². The highest BCUT2D eigenvalue weighted by Gasteiger charge is 2.18. The number of hydrogen-bond acceptors (Lipinski definition) is 3. The van der Waals surface area contributed by atoms with Crippen LogP contribution in [0, 0.1) is 0 Å². The van der Waals surface area contributed by atoms with Crippen molar-refractivity contribution in [2.24, 2.45) is 0 Å². The zero-order valence-corrected chi connectivity index (χ0v) is 28.1. The van der Waals surface area contributed by atoms with Gasteiger partial charge in [0.25, 0.3) is 0 Å². The van der Waals surface area contributed by atoms with Crippen molar-refractivity contribution in [3.8, 4) is 5.75 Å². The third-order valence-electron chi connectivity index (χ3n) is 8.90. The summed E-state index contributed by atoms with van der Waals surface area (Å²) < 4.78 is 12.5. The van der Waals surface area contributed by atoms with Gasteiger partial charge in [-0.1, -0.05) is 131 Å². The molecule has 0 spiro atoms. The van der Waals surface area contributed by atoms with E-state index in [0.29, 0.717) is 19.8 Å². The van der Waals surface area contributed by atoms with E-state index < -0.39 is 0 Å². The van der Waals surface area contributed by atoms with Crippen LogP contribution in [0.5, 0.6) is 5.75 Å². The lowest BCUT2D eigenvalue weighted by molar-refractivity contribution is 0.107. The van der Waals surface area contributed by atoms with Gasteiger partial charge in [-0.2, -0.15) is 0 Å². The predicted octanol–water partition coefficient (Wildman–Crippen LogP) is 12.2. The van der Waals surface area contributed by atoms with Crippen molar-refractivity contribution in [1.29, 1.82) is 0 Å². The lowest BCUT2D eigenvalue weighted by atomic mass is 9.93. The summed E-state index contributed by atoms with van der Waals surface area (Å²) in [5, 5.41) is 8.41. The van der Waals surface area contributed by atoms with Crippen LogP contribution in [-0.4, -0.2) is 0 Å². The number of benzene rings is 8. The molecule has 3 nitrogen and oxygen atoms in total.